The van der Waals surface area contributed by atoms with Crippen molar-refractivity contribution in [2.75, 3.05) is 12.4 Å². The molecule has 1 heterocycles. The van der Waals surface area contributed by atoms with Gasteiger partial charge in [0.05, 0.1) is 18.1 Å². The van der Waals surface area contributed by atoms with E-state index in [1.54, 1.807) is 19.2 Å². The molecule has 0 aromatic heterocycles. The van der Waals surface area contributed by atoms with Gasteiger partial charge in [-0.3, -0.25) is 10.1 Å². The van der Waals surface area contributed by atoms with E-state index in [0.29, 0.717) is 0 Å². The number of rotatable bonds is 4. The van der Waals surface area contributed by atoms with Gasteiger partial charge >= 0.3 is 0 Å². The van der Waals surface area contributed by atoms with E-state index in [0.717, 1.165) is 22.6 Å². The highest BCUT2D eigenvalue weighted by Gasteiger charge is 2.36. The maximum atomic E-state index is 11.3. The second-order valence-corrected chi connectivity index (χ2v) is 7.17. The molecule has 0 radical (unpaired) electrons. The summed E-state index contributed by atoms with van der Waals surface area (Å²) in [7, 11) is 1.65. The number of hydrogen-bond acceptors (Lipinski definition) is 4. The normalized spacial score (nSPS) is 20.7. The van der Waals surface area contributed by atoms with Crippen LogP contribution in [0.4, 0.5) is 11.4 Å². The quantitative estimate of drug-likeness (QED) is 0.481. The number of methoxy groups -OCH3 is 1. The molecule has 0 spiro atoms. The molecule has 3 aromatic carbocycles. The summed E-state index contributed by atoms with van der Waals surface area (Å²) in [6, 6.07) is 23.5. The molecule has 1 aliphatic rings. The summed E-state index contributed by atoms with van der Waals surface area (Å²) in [6.45, 7) is 2.20. The van der Waals surface area contributed by atoms with Crippen LogP contribution in [0.3, 0.4) is 0 Å². The van der Waals surface area contributed by atoms with Crippen molar-refractivity contribution in [3.05, 3.63) is 99.6 Å². The number of nitro benzene ring substituents is 1. The van der Waals surface area contributed by atoms with Crippen molar-refractivity contribution in [1.29, 1.82) is 0 Å². The lowest BCUT2D eigenvalue weighted by atomic mass is 9.73. The largest absolute Gasteiger partial charge is 0.497 e. The number of non-ortho nitro benzene ring substituents is 1. The van der Waals surface area contributed by atoms with Gasteiger partial charge in [-0.05, 0) is 40.8 Å². The van der Waals surface area contributed by atoms with E-state index in [1.807, 2.05) is 36.4 Å². The van der Waals surface area contributed by atoms with Crippen LogP contribution in [-0.2, 0) is 0 Å². The van der Waals surface area contributed by atoms with Crippen LogP contribution in [0.5, 0.6) is 5.75 Å². The Kier molecular flexibility index (Phi) is 4.74. The number of ether oxygens (including phenoxy) is 1. The highest BCUT2D eigenvalue weighted by molar-refractivity contribution is 5.63. The Bertz CT molecular complexity index is 986. The van der Waals surface area contributed by atoms with Crippen molar-refractivity contribution in [3.63, 3.8) is 0 Å². The van der Waals surface area contributed by atoms with Gasteiger partial charge in [0, 0.05) is 23.7 Å². The summed E-state index contributed by atoms with van der Waals surface area (Å²) in [5.74, 6) is 1.03. The van der Waals surface area contributed by atoms with E-state index >= 15 is 0 Å². The predicted molar refractivity (Wildman–Crippen MR) is 110 cm³/mol. The van der Waals surface area contributed by atoms with Gasteiger partial charge < -0.3 is 10.1 Å². The van der Waals surface area contributed by atoms with Gasteiger partial charge in [0.2, 0.25) is 0 Å². The third kappa shape index (κ3) is 3.20. The van der Waals surface area contributed by atoms with Crippen molar-refractivity contribution < 1.29 is 9.66 Å². The molecule has 142 valence electrons. The molecule has 0 fully saturated rings. The minimum atomic E-state index is -0.334. The standard InChI is InChI=1S/C23H22N2O3/c1-15-22(16-8-11-19(28-2)12-9-16)20-14-18(25(26)27)10-13-21(20)24-23(15)17-6-4-3-5-7-17/h3-15,22-24H,1-2H3/t15-,22+,23-/m0/s1. The maximum absolute atomic E-state index is 11.3. The molecule has 5 heteroatoms. The summed E-state index contributed by atoms with van der Waals surface area (Å²) < 4.78 is 5.29. The molecule has 3 aromatic rings. The number of nitrogens with one attached hydrogen (secondary N) is 1. The van der Waals surface area contributed by atoms with Gasteiger partial charge in [0.25, 0.3) is 5.69 Å². The Morgan fingerprint density at radius 1 is 0.964 bits per heavy atom. The fraction of sp³-hybridized carbons (Fsp3) is 0.217. The van der Waals surface area contributed by atoms with Crippen LogP contribution < -0.4 is 10.1 Å². The Morgan fingerprint density at radius 3 is 2.32 bits per heavy atom. The van der Waals surface area contributed by atoms with Crippen molar-refractivity contribution in [1.82, 2.24) is 0 Å². The summed E-state index contributed by atoms with van der Waals surface area (Å²) >= 11 is 0. The zero-order chi connectivity index (χ0) is 19.7. The minimum Gasteiger partial charge on any atom is -0.497 e. The summed E-state index contributed by atoms with van der Waals surface area (Å²) in [5.41, 5.74) is 4.34. The molecular weight excluding hydrogens is 352 g/mol. The van der Waals surface area contributed by atoms with Crippen molar-refractivity contribution in [2.45, 2.75) is 18.9 Å². The van der Waals surface area contributed by atoms with Crippen LogP contribution in [0.1, 0.15) is 35.6 Å². The molecule has 0 unspecified atom stereocenters. The summed E-state index contributed by atoms with van der Waals surface area (Å²) in [6.07, 6.45) is 0. The molecule has 0 bridgehead atoms. The molecule has 4 rings (SSSR count). The predicted octanol–water partition coefficient (Wildman–Crippen LogP) is 5.54. The molecule has 1 N–H and O–H groups in total. The van der Waals surface area contributed by atoms with Crippen LogP contribution in [-0.4, -0.2) is 12.0 Å². The van der Waals surface area contributed by atoms with Gasteiger partial charge in [-0.25, -0.2) is 0 Å². The zero-order valence-corrected chi connectivity index (χ0v) is 15.8. The smallest absolute Gasteiger partial charge is 0.269 e. The highest BCUT2D eigenvalue weighted by atomic mass is 16.6. The minimum absolute atomic E-state index is 0.0345. The fourth-order valence-corrected chi connectivity index (χ4v) is 4.17. The zero-order valence-electron chi connectivity index (χ0n) is 15.8. The molecule has 0 saturated heterocycles. The third-order valence-corrected chi connectivity index (χ3v) is 5.58. The molecule has 28 heavy (non-hydrogen) atoms. The van der Waals surface area contributed by atoms with Crippen LogP contribution in [0, 0.1) is 16.0 Å². The Labute approximate surface area is 164 Å². The first-order chi connectivity index (χ1) is 13.6. The second-order valence-electron chi connectivity index (χ2n) is 7.17. The second kappa shape index (κ2) is 7.35. The first kappa shape index (κ1) is 18.0. The molecule has 0 amide bonds. The third-order valence-electron chi connectivity index (χ3n) is 5.58. The lowest BCUT2D eigenvalue weighted by Gasteiger charge is -2.39. The summed E-state index contributed by atoms with van der Waals surface area (Å²) in [5, 5.41) is 15.0. The molecule has 0 aliphatic carbocycles. The lowest BCUT2D eigenvalue weighted by molar-refractivity contribution is -0.384. The Hall–Kier alpha value is -3.34. The Balaban J connectivity index is 1.84. The van der Waals surface area contributed by atoms with Crippen molar-refractivity contribution >= 4 is 11.4 Å². The number of fused-ring (bicyclic) bond motifs is 1. The molecule has 0 saturated carbocycles. The highest BCUT2D eigenvalue weighted by Crippen LogP contribution is 2.48. The average molecular weight is 374 g/mol. The first-order valence-electron chi connectivity index (χ1n) is 9.32. The monoisotopic (exact) mass is 374 g/mol. The topological polar surface area (TPSA) is 64.4 Å². The number of nitrogens with zero attached hydrogens (tertiary/aromatic N) is 1. The molecule has 3 atom stereocenters. The Morgan fingerprint density at radius 2 is 1.68 bits per heavy atom. The lowest BCUT2D eigenvalue weighted by Crippen LogP contribution is -2.30. The number of hydrogen-bond donors (Lipinski definition) is 1. The van der Waals surface area contributed by atoms with Crippen LogP contribution in [0.25, 0.3) is 0 Å². The van der Waals surface area contributed by atoms with Crippen LogP contribution >= 0.6 is 0 Å². The average Bonchev–Trinajstić information content (AvgIpc) is 2.73. The van der Waals surface area contributed by atoms with Gasteiger partial charge in [-0.1, -0.05) is 49.4 Å². The SMILES string of the molecule is COc1ccc([C@@H]2c3cc([N+](=O)[O-])ccc3N[C@H](c3ccccc3)[C@H]2C)cc1. The van der Waals surface area contributed by atoms with Gasteiger partial charge in [-0.15, -0.1) is 0 Å². The van der Waals surface area contributed by atoms with E-state index < -0.39 is 0 Å². The summed E-state index contributed by atoms with van der Waals surface area (Å²) in [4.78, 5) is 11.0. The maximum Gasteiger partial charge on any atom is 0.269 e. The van der Waals surface area contributed by atoms with Crippen molar-refractivity contribution in [3.8, 4) is 5.75 Å². The number of anilines is 1. The van der Waals surface area contributed by atoms with Gasteiger partial charge in [0.15, 0.2) is 0 Å². The molecular formula is C23H22N2O3. The number of nitro groups is 1. The van der Waals surface area contributed by atoms with E-state index in [-0.39, 0.29) is 28.5 Å². The molecule has 5 nitrogen and oxygen atoms in total. The fourth-order valence-electron chi connectivity index (χ4n) is 4.17. The molecule has 1 aliphatic heterocycles. The van der Waals surface area contributed by atoms with Crippen LogP contribution in [0.15, 0.2) is 72.8 Å². The van der Waals surface area contributed by atoms with E-state index in [9.17, 15) is 10.1 Å². The van der Waals surface area contributed by atoms with Gasteiger partial charge in [-0.2, -0.15) is 0 Å². The first-order valence-corrected chi connectivity index (χ1v) is 9.32. The van der Waals surface area contributed by atoms with Crippen LogP contribution in [0.2, 0.25) is 0 Å². The van der Waals surface area contributed by atoms with E-state index in [1.165, 1.54) is 5.56 Å². The van der Waals surface area contributed by atoms with E-state index in [4.69, 9.17) is 4.74 Å². The number of benzene rings is 3. The van der Waals surface area contributed by atoms with E-state index in [2.05, 4.69) is 36.5 Å². The van der Waals surface area contributed by atoms with Crippen molar-refractivity contribution in [2.24, 2.45) is 5.92 Å². The van der Waals surface area contributed by atoms with Gasteiger partial charge in [0.1, 0.15) is 5.75 Å².